The third kappa shape index (κ3) is 4.30. The van der Waals surface area contributed by atoms with Gasteiger partial charge in [0.2, 0.25) is 5.91 Å². The lowest BCUT2D eigenvalue weighted by Crippen LogP contribution is -2.47. The van der Waals surface area contributed by atoms with Crippen molar-refractivity contribution in [3.8, 4) is 0 Å². The molecule has 2 unspecified atom stereocenters. The number of hydrogen-bond donors (Lipinski definition) is 0. The molecular weight excluding hydrogens is 444 g/mol. The molecule has 0 N–H and O–H groups in total. The molecule has 2 aliphatic rings. The molecule has 0 bridgehead atoms. The molecule has 0 spiro atoms. The first kappa shape index (κ1) is 22.5. The molecule has 0 radical (unpaired) electrons. The Kier molecular flexibility index (Phi) is 5.86. The van der Waals surface area contributed by atoms with Gasteiger partial charge < -0.3 is 4.90 Å². The van der Waals surface area contributed by atoms with Gasteiger partial charge in [0, 0.05) is 17.2 Å². The van der Waals surface area contributed by atoms with Gasteiger partial charge in [0.15, 0.2) is 0 Å². The highest BCUT2D eigenvalue weighted by molar-refractivity contribution is 6.30. The molecule has 4 nitrogen and oxygen atoms in total. The van der Waals surface area contributed by atoms with Gasteiger partial charge in [-0.25, -0.2) is 0 Å². The molecule has 5 heteroatoms. The molecule has 0 aromatic heterocycles. The molecule has 1 aliphatic carbocycles. The maximum absolute atomic E-state index is 14.0. The number of para-hydroxylation sites is 2. The van der Waals surface area contributed by atoms with E-state index in [4.69, 9.17) is 16.6 Å². The van der Waals surface area contributed by atoms with Gasteiger partial charge in [0.1, 0.15) is 5.78 Å². The van der Waals surface area contributed by atoms with E-state index < -0.39 is 12.0 Å². The summed E-state index contributed by atoms with van der Waals surface area (Å²) in [7, 11) is 0. The fraction of sp³-hybridized carbons (Fsp3) is 0.276. The van der Waals surface area contributed by atoms with Crippen molar-refractivity contribution in [2.24, 2.45) is 16.3 Å². The van der Waals surface area contributed by atoms with E-state index in [2.05, 4.69) is 13.8 Å². The van der Waals surface area contributed by atoms with Crippen LogP contribution in [0.5, 0.6) is 0 Å². The Morgan fingerprint density at radius 2 is 1.65 bits per heavy atom. The van der Waals surface area contributed by atoms with Crippen LogP contribution in [0.3, 0.4) is 0 Å². The van der Waals surface area contributed by atoms with E-state index >= 15 is 0 Å². The van der Waals surface area contributed by atoms with Crippen molar-refractivity contribution in [1.82, 2.24) is 0 Å². The highest BCUT2D eigenvalue weighted by Gasteiger charge is 2.47. The van der Waals surface area contributed by atoms with E-state index in [-0.39, 0.29) is 23.5 Å². The second-order valence-electron chi connectivity index (χ2n) is 9.98. The number of amides is 1. The van der Waals surface area contributed by atoms with Crippen molar-refractivity contribution >= 4 is 40.4 Å². The quantitative estimate of drug-likeness (QED) is 0.425. The summed E-state index contributed by atoms with van der Waals surface area (Å²) in [5.41, 5.74) is 3.95. The lowest BCUT2D eigenvalue weighted by atomic mass is 9.68. The van der Waals surface area contributed by atoms with Gasteiger partial charge in [-0.2, -0.15) is 0 Å². The largest absolute Gasteiger partial charge is 0.301 e. The smallest absolute Gasteiger partial charge is 0.232 e. The zero-order chi connectivity index (χ0) is 23.9. The highest BCUT2D eigenvalue weighted by atomic mass is 35.5. The first-order valence-corrected chi connectivity index (χ1v) is 12.0. The molecule has 2 atom stereocenters. The van der Waals surface area contributed by atoms with E-state index in [1.807, 2.05) is 83.8 Å². The van der Waals surface area contributed by atoms with Crippen molar-refractivity contribution in [3.63, 3.8) is 0 Å². The Labute approximate surface area is 205 Å². The Hall–Kier alpha value is -3.24. The number of carbonyl (C=O) groups is 2. The number of benzene rings is 3. The second kappa shape index (κ2) is 8.84. The van der Waals surface area contributed by atoms with Crippen LogP contribution in [-0.4, -0.2) is 17.4 Å². The van der Waals surface area contributed by atoms with Crippen LogP contribution in [0, 0.1) is 11.3 Å². The summed E-state index contributed by atoms with van der Waals surface area (Å²) < 4.78 is 0. The number of anilines is 1. The summed E-state index contributed by atoms with van der Waals surface area (Å²) in [5.74, 6) is -0.436. The molecule has 0 saturated heterocycles. The lowest BCUT2D eigenvalue weighted by Gasteiger charge is -2.41. The molecule has 3 aromatic carbocycles. The minimum absolute atomic E-state index is 0.0623. The first-order chi connectivity index (χ1) is 16.3. The normalized spacial score (nSPS) is 21.2. The van der Waals surface area contributed by atoms with Crippen molar-refractivity contribution in [1.29, 1.82) is 0 Å². The SMILES string of the molecule is CC1(C)CC(=O)C2C(=Nc3ccccc3N(C(=O)Cc3ccccc3)C2c2ccc(Cl)cc2)C1. The number of nitrogens with zero attached hydrogens (tertiary/aromatic N) is 2. The highest BCUT2D eigenvalue weighted by Crippen LogP contribution is 2.48. The average Bonchev–Trinajstić information content (AvgIpc) is 2.94. The molecule has 1 saturated carbocycles. The summed E-state index contributed by atoms with van der Waals surface area (Å²) in [6, 6.07) is 24.4. The Bertz CT molecular complexity index is 1260. The number of rotatable bonds is 3. The van der Waals surface area contributed by atoms with Crippen molar-refractivity contribution in [3.05, 3.63) is 95.0 Å². The van der Waals surface area contributed by atoms with Crippen molar-refractivity contribution in [2.75, 3.05) is 4.90 Å². The van der Waals surface area contributed by atoms with Crippen LogP contribution in [0.4, 0.5) is 11.4 Å². The second-order valence-corrected chi connectivity index (χ2v) is 10.4. The number of halogens is 1. The topological polar surface area (TPSA) is 49.7 Å². The summed E-state index contributed by atoms with van der Waals surface area (Å²) in [6.07, 6.45) is 1.40. The van der Waals surface area contributed by atoms with Crippen LogP contribution >= 0.6 is 11.6 Å². The van der Waals surface area contributed by atoms with Gasteiger partial charge in [-0.3, -0.25) is 14.6 Å². The fourth-order valence-electron chi connectivity index (χ4n) is 5.26. The van der Waals surface area contributed by atoms with Gasteiger partial charge in [-0.05, 0) is 47.2 Å². The third-order valence-corrected chi connectivity index (χ3v) is 6.95. The monoisotopic (exact) mass is 470 g/mol. The zero-order valence-electron chi connectivity index (χ0n) is 19.4. The number of aliphatic imine (C=N–C) groups is 1. The number of Topliss-reactive ketones (excluding diaryl/α,β-unsaturated/α-hetero) is 1. The molecule has 172 valence electrons. The van der Waals surface area contributed by atoms with Gasteiger partial charge in [0.25, 0.3) is 0 Å². The standard InChI is InChI=1S/C29H27ClN2O2/c1-29(2)17-23-27(25(33)18-29)28(20-12-14-21(30)15-13-20)32(24-11-7-6-10-22(24)31-23)26(34)16-19-8-4-3-5-9-19/h3-15,27-28H,16-18H2,1-2H3. The van der Waals surface area contributed by atoms with Crippen molar-refractivity contribution in [2.45, 2.75) is 39.2 Å². The zero-order valence-corrected chi connectivity index (χ0v) is 20.1. The molecule has 1 aliphatic heterocycles. The maximum Gasteiger partial charge on any atom is 0.232 e. The molecule has 1 fully saturated rings. The molecule has 5 rings (SSSR count). The predicted molar refractivity (Wildman–Crippen MR) is 137 cm³/mol. The number of hydrogen-bond acceptors (Lipinski definition) is 3. The van der Waals surface area contributed by atoms with Crippen molar-refractivity contribution < 1.29 is 9.59 Å². The minimum Gasteiger partial charge on any atom is -0.301 e. The van der Waals surface area contributed by atoms with Gasteiger partial charge in [-0.15, -0.1) is 0 Å². The van der Waals surface area contributed by atoms with Crippen LogP contribution in [0.1, 0.15) is 43.9 Å². The van der Waals surface area contributed by atoms with E-state index in [1.54, 1.807) is 0 Å². The van der Waals surface area contributed by atoms with E-state index in [1.165, 1.54) is 0 Å². The molecule has 3 aromatic rings. The Morgan fingerprint density at radius 3 is 2.38 bits per heavy atom. The fourth-order valence-corrected chi connectivity index (χ4v) is 5.39. The average molecular weight is 471 g/mol. The molecule has 34 heavy (non-hydrogen) atoms. The molecule has 1 heterocycles. The van der Waals surface area contributed by atoms with Gasteiger partial charge in [-0.1, -0.05) is 80.0 Å². The predicted octanol–water partition coefficient (Wildman–Crippen LogP) is 6.75. The number of fused-ring (bicyclic) bond motifs is 2. The van der Waals surface area contributed by atoms with Gasteiger partial charge >= 0.3 is 0 Å². The van der Waals surface area contributed by atoms with E-state index in [0.717, 1.165) is 28.2 Å². The van der Waals surface area contributed by atoms with Crippen LogP contribution in [0.2, 0.25) is 5.02 Å². The van der Waals surface area contributed by atoms with E-state index in [0.29, 0.717) is 17.9 Å². The van der Waals surface area contributed by atoms with Gasteiger partial charge in [0.05, 0.1) is 29.8 Å². The third-order valence-electron chi connectivity index (χ3n) is 6.70. The number of ketones is 1. The first-order valence-electron chi connectivity index (χ1n) is 11.6. The number of carbonyl (C=O) groups excluding carboxylic acids is 2. The summed E-state index contributed by atoms with van der Waals surface area (Å²) in [4.78, 5) is 34.5. The maximum atomic E-state index is 14.0. The van der Waals surface area contributed by atoms with E-state index in [9.17, 15) is 9.59 Å². The summed E-state index contributed by atoms with van der Waals surface area (Å²) in [6.45, 7) is 4.21. The Morgan fingerprint density at radius 1 is 0.971 bits per heavy atom. The van der Waals surface area contributed by atoms with Crippen LogP contribution in [0.25, 0.3) is 0 Å². The molecule has 1 amide bonds. The summed E-state index contributed by atoms with van der Waals surface area (Å²) >= 11 is 6.20. The van der Waals surface area contributed by atoms with Crippen LogP contribution in [-0.2, 0) is 16.0 Å². The molecular formula is C29H27ClN2O2. The summed E-state index contributed by atoms with van der Waals surface area (Å²) in [5, 5.41) is 0.616. The Balaban J connectivity index is 1.70. The lowest BCUT2D eigenvalue weighted by molar-refractivity contribution is -0.124. The van der Waals surface area contributed by atoms with Crippen LogP contribution in [0.15, 0.2) is 83.9 Å². The minimum atomic E-state index is -0.499. The van der Waals surface area contributed by atoms with Crippen LogP contribution < -0.4 is 4.90 Å².